The predicted molar refractivity (Wildman–Crippen MR) is 392 cm³/mol. The largest absolute Gasteiger partial charge is 0.397 e. The molecule has 12 rings (SSSR count). The summed E-state index contributed by atoms with van der Waals surface area (Å²) in [5, 5.41) is 7.74. The number of benzene rings is 5. The first kappa shape index (κ1) is 71.9. The van der Waals surface area contributed by atoms with Gasteiger partial charge >= 0.3 is 0 Å². The van der Waals surface area contributed by atoms with Crippen LogP contribution in [0.4, 0.5) is 46.3 Å². The van der Waals surface area contributed by atoms with Gasteiger partial charge in [-0.3, -0.25) is 28.9 Å². The molecular formula is C76H81F4N10O4PS2. The van der Waals surface area contributed by atoms with Crippen LogP contribution in [0.3, 0.4) is 0 Å². The van der Waals surface area contributed by atoms with E-state index in [1.807, 2.05) is 40.9 Å². The van der Waals surface area contributed by atoms with Crippen LogP contribution in [0.25, 0.3) is 44.9 Å². The maximum atomic E-state index is 13.4. The van der Waals surface area contributed by atoms with Crippen LogP contribution in [0.5, 0.6) is 0 Å². The third kappa shape index (κ3) is 22.6. The lowest BCUT2D eigenvalue weighted by Crippen LogP contribution is -2.40. The van der Waals surface area contributed by atoms with Gasteiger partial charge in [0.25, 0.3) is 0 Å². The number of amides is 2. The third-order valence-electron chi connectivity index (χ3n) is 15.2. The minimum Gasteiger partial charge on any atom is -0.397 e. The van der Waals surface area contributed by atoms with E-state index in [4.69, 9.17) is 7.10 Å². The second kappa shape index (κ2) is 35.1. The SMILES string of the molecule is CC(C)(C)P(c1ccccc1-c1ccccc1)C(C)(C)C.Nc1ccc(-c2cccc(F)c2)nc1.O=C(Cc1ccc(N2CCS(=O)(=O)CC2)nc1)Nc1ccc(-c2cccc(F)c2)nc1.O=C(Cc1ccc(N2CCSCC2)nc1)Nc1ccc(-c2cccc(F)c2)nc1.[2H]CF. The van der Waals surface area contributed by atoms with Crippen LogP contribution in [0.2, 0.25) is 0 Å². The van der Waals surface area contributed by atoms with Crippen LogP contribution < -0.4 is 31.5 Å². The summed E-state index contributed by atoms with van der Waals surface area (Å²) in [6.07, 6.45) is 8.45. The van der Waals surface area contributed by atoms with E-state index in [-0.39, 0.29) is 61.5 Å². The maximum absolute atomic E-state index is 13.4. The fourth-order valence-electron chi connectivity index (χ4n) is 11.0. The van der Waals surface area contributed by atoms with Crippen LogP contribution in [-0.4, -0.2) is 112 Å². The Morgan fingerprint density at radius 2 is 0.928 bits per heavy atom. The van der Waals surface area contributed by atoms with Crippen LogP contribution in [0.1, 0.15) is 54.0 Å². The quantitative estimate of drug-likeness (QED) is 0.0731. The van der Waals surface area contributed by atoms with E-state index in [0.717, 1.165) is 52.8 Å². The molecule has 2 aliphatic rings. The van der Waals surface area contributed by atoms with Crippen molar-refractivity contribution in [2.24, 2.45) is 0 Å². The van der Waals surface area contributed by atoms with Gasteiger partial charge in [0.1, 0.15) is 29.1 Å². The summed E-state index contributed by atoms with van der Waals surface area (Å²) >= 11 is 1.96. The molecule has 2 amide bonds. The number of rotatable bonds is 13. The van der Waals surface area contributed by atoms with E-state index in [1.54, 1.807) is 97.6 Å². The number of thioether (sulfide) groups is 1. The van der Waals surface area contributed by atoms with Crippen molar-refractivity contribution in [1.82, 2.24) is 24.9 Å². The Labute approximate surface area is 573 Å². The Morgan fingerprint density at radius 1 is 0.515 bits per heavy atom. The van der Waals surface area contributed by atoms with E-state index >= 15 is 0 Å². The van der Waals surface area contributed by atoms with E-state index in [2.05, 4.69) is 137 Å². The number of carbonyl (C=O) groups excluding carboxylic acids is 2. The molecule has 10 aromatic rings. The monoisotopic (exact) mass is 1370 g/mol. The third-order valence-corrected chi connectivity index (χ3v) is 21.3. The van der Waals surface area contributed by atoms with Gasteiger partial charge in [0.2, 0.25) is 11.8 Å². The van der Waals surface area contributed by atoms with E-state index < -0.39 is 17.0 Å². The lowest BCUT2D eigenvalue weighted by atomic mass is 10.1. The molecule has 5 aromatic heterocycles. The summed E-state index contributed by atoms with van der Waals surface area (Å²) in [5.74, 6) is 2.94. The molecule has 0 aliphatic carbocycles. The average Bonchev–Trinajstić information content (AvgIpc) is 0.776. The lowest BCUT2D eigenvalue weighted by Gasteiger charge is -2.42. The minimum absolute atomic E-state index is 0.130. The molecule has 4 N–H and O–H groups in total. The second-order valence-electron chi connectivity index (χ2n) is 24.7. The molecule has 97 heavy (non-hydrogen) atoms. The number of aromatic nitrogens is 5. The van der Waals surface area contributed by atoms with Crippen LogP contribution in [-0.2, 0) is 32.3 Å². The molecule has 21 heteroatoms. The molecule has 2 aliphatic heterocycles. The lowest BCUT2D eigenvalue weighted by molar-refractivity contribution is -0.116. The highest BCUT2D eigenvalue weighted by Gasteiger charge is 2.37. The van der Waals surface area contributed by atoms with Gasteiger partial charge in [-0.05, 0) is 123 Å². The Balaban J connectivity index is 0.000000170. The van der Waals surface area contributed by atoms with Crippen LogP contribution in [0, 0.1) is 17.5 Å². The van der Waals surface area contributed by atoms with Gasteiger partial charge < -0.3 is 26.2 Å². The average molecular weight is 1370 g/mol. The second-order valence-corrected chi connectivity index (χ2v) is 32.0. The van der Waals surface area contributed by atoms with Gasteiger partial charge in [0.05, 0.1) is 85.6 Å². The first-order chi connectivity index (χ1) is 46.9. The van der Waals surface area contributed by atoms with Crippen molar-refractivity contribution in [2.75, 3.05) is 82.5 Å². The van der Waals surface area contributed by atoms with Crippen molar-refractivity contribution in [3.05, 3.63) is 248 Å². The Bertz CT molecular complexity index is 4260. The minimum atomic E-state index is -2.94. The van der Waals surface area contributed by atoms with Crippen molar-refractivity contribution in [3.8, 4) is 44.9 Å². The zero-order chi connectivity index (χ0) is 70.2. The van der Waals surface area contributed by atoms with Crippen LogP contribution >= 0.6 is 19.7 Å². The standard InChI is InChI=1S/C22H21FN4O3S.C22H21FN4OS.C20H27P.C11H9FN2.CH3F/c23-18-3-1-2-17(13-18)20-6-5-19(15-24-20)26-22(28)12-16-4-7-21(25-14-16)27-8-10-31(29,30)11-9-27;23-18-3-1-2-17(13-18)20-6-5-19(15-24-20)26-22(28)12-16-4-7-21(25-14-16)27-8-10-29-11-9-27;1-19(2,3)21(20(4,5)6)18-15-11-10-14-17(18)16-12-8-7-9-13-16;12-9-3-1-2-8(6-9)11-5-4-10(13)7-14-11;1-2/h1-7,13-15H,8-12H2,(H,26,28);1-7,13-15H,8-12H2,(H,26,28);7-15H,1-6H3;1-7H,13H2;1H3/i;;;;1D. The highest BCUT2D eigenvalue weighted by molar-refractivity contribution is 7.99. The number of nitrogens with zero attached hydrogens (tertiary/aromatic N) is 7. The summed E-state index contributed by atoms with van der Waals surface area (Å²) in [7, 11) is -4.22. The van der Waals surface area contributed by atoms with Gasteiger partial charge in [0, 0.05) is 66.8 Å². The van der Waals surface area contributed by atoms with Gasteiger partial charge in [-0.1, -0.05) is 153 Å². The van der Waals surface area contributed by atoms with Gasteiger partial charge in [-0.2, -0.15) is 11.8 Å². The number of pyridine rings is 5. The molecule has 0 saturated carbocycles. The molecule has 14 nitrogen and oxygen atoms in total. The summed E-state index contributed by atoms with van der Waals surface area (Å²) in [6, 6.07) is 56.5. The molecule has 2 saturated heterocycles. The summed E-state index contributed by atoms with van der Waals surface area (Å²) in [6.45, 7) is 17.2. The van der Waals surface area contributed by atoms with Crippen LogP contribution in [0.15, 0.2) is 219 Å². The maximum Gasteiger partial charge on any atom is 0.228 e. The number of anilines is 5. The Hall–Kier alpha value is -9.36. The predicted octanol–water partition coefficient (Wildman–Crippen LogP) is 15.8. The van der Waals surface area contributed by atoms with Crippen molar-refractivity contribution < 1.29 is 36.9 Å². The molecule has 0 radical (unpaired) electrons. The molecule has 0 spiro atoms. The number of nitrogen functional groups attached to an aromatic ring is 1. The summed E-state index contributed by atoms with van der Waals surface area (Å²) < 4.78 is 78.2. The van der Waals surface area contributed by atoms with Gasteiger partial charge in [-0.25, -0.2) is 31.6 Å². The Morgan fingerprint density at radius 3 is 1.32 bits per heavy atom. The molecule has 7 heterocycles. The number of sulfone groups is 1. The topological polar surface area (TPSA) is 189 Å². The molecule has 504 valence electrons. The van der Waals surface area contributed by atoms with E-state index in [9.17, 15) is 35.6 Å². The number of carbonyl (C=O) groups is 2. The smallest absolute Gasteiger partial charge is 0.228 e. The number of hydrogen-bond donors (Lipinski definition) is 3. The first-order valence-corrected chi connectivity index (χ1v) is 35.7. The molecule has 0 bridgehead atoms. The first-order valence-electron chi connectivity index (χ1n) is 32.1. The zero-order valence-corrected chi connectivity index (χ0v) is 57.7. The van der Waals surface area contributed by atoms with Crippen molar-refractivity contribution >= 4 is 75.3 Å². The normalized spacial score (nSPS) is 13.5. The molecule has 0 atom stereocenters. The molecule has 5 aromatic carbocycles. The van der Waals surface area contributed by atoms with Crippen molar-refractivity contribution in [3.63, 3.8) is 0 Å². The van der Waals surface area contributed by atoms with Crippen molar-refractivity contribution in [1.29, 1.82) is 0 Å². The van der Waals surface area contributed by atoms with E-state index in [0.29, 0.717) is 68.8 Å². The van der Waals surface area contributed by atoms with Gasteiger partial charge in [-0.15, -0.1) is 0 Å². The summed E-state index contributed by atoms with van der Waals surface area (Å²) in [5.41, 5.74) is 15.7. The fourth-order valence-corrected chi connectivity index (χ4v) is 17.2. The summed E-state index contributed by atoms with van der Waals surface area (Å²) in [4.78, 5) is 50.5. The Kier molecular flexibility index (Phi) is 26.0. The molecular weight excluding hydrogens is 1290 g/mol. The molecule has 0 unspecified atom stereocenters. The number of nitrogens with one attached hydrogen (secondary N) is 2. The number of hydrogen-bond acceptors (Lipinski definition) is 13. The van der Waals surface area contributed by atoms with Crippen molar-refractivity contribution in [2.45, 2.75) is 64.7 Å². The highest BCUT2D eigenvalue weighted by atomic mass is 32.2. The number of nitrogens with two attached hydrogens (primary N) is 1. The number of alkyl halides is 1. The van der Waals surface area contributed by atoms with E-state index in [1.165, 1.54) is 59.0 Å². The highest BCUT2D eigenvalue weighted by Crippen LogP contribution is 2.59. The van der Waals surface area contributed by atoms with Gasteiger partial charge in [0.15, 0.2) is 9.84 Å². The zero-order valence-electron chi connectivity index (χ0n) is 56.2. The number of halogens is 4. The molecule has 2 fully saturated rings. The fraction of sp³-hybridized carbons (Fsp3) is 0.250.